The van der Waals surface area contributed by atoms with Crippen molar-refractivity contribution in [2.75, 3.05) is 6.54 Å². The van der Waals surface area contributed by atoms with Crippen LogP contribution >= 0.6 is 0 Å². The zero-order valence-corrected chi connectivity index (χ0v) is 8.44. The summed E-state index contributed by atoms with van der Waals surface area (Å²) in [7, 11) is 0. The van der Waals surface area contributed by atoms with E-state index in [2.05, 4.69) is 17.6 Å². The van der Waals surface area contributed by atoms with Gasteiger partial charge in [0, 0.05) is 12.1 Å². The molecule has 2 N–H and O–H groups in total. The van der Waals surface area contributed by atoms with Crippen molar-refractivity contribution in [1.29, 1.82) is 0 Å². The SMILES string of the molecule is CCNC(=O)NC1(C2(C)CC2)CC1. The fraction of sp³-hybridized carbons (Fsp3) is 0.900. The predicted octanol–water partition coefficient (Wildman–Crippen LogP) is 1.64. The molecule has 2 aliphatic carbocycles. The molecule has 2 rings (SSSR count). The molecular weight excluding hydrogens is 164 g/mol. The van der Waals surface area contributed by atoms with E-state index in [1.165, 1.54) is 25.7 Å². The van der Waals surface area contributed by atoms with Crippen LogP contribution in [0.25, 0.3) is 0 Å². The highest BCUT2D eigenvalue weighted by Gasteiger charge is 2.63. The number of hydrogen-bond donors (Lipinski definition) is 2. The molecule has 74 valence electrons. The third kappa shape index (κ3) is 1.40. The highest BCUT2D eigenvalue weighted by atomic mass is 16.2. The maximum absolute atomic E-state index is 11.4. The maximum atomic E-state index is 11.4. The number of hydrogen-bond acceptors (Lipinski definition) is 1. The molecule has 3 nitrogen and oxygen atoms in total. The highest BCUT2D eigenvalue weighted by Crippen LogP contribution is 2.63. The van der Waals surface area contributed by atoms with Crippen LogP contribution in [-0.2, 0) is 0 Å². The highest BCUT2D eigenvalue weighted by molar-refractivity contribution is 5.75. The average molecular weight is 182 g/mol. The minimum atomic E-state index is 0.00752. The molecule has 2 fully saturated rings. The van der Waals surface area contributed by atoms with E-state index >= 15 is 0 Å². The number of amides is 2. The molecule has 0 aromatic carbocycles. The molecule has 0 bridgehead atoms. The van der Waals surface area contributed by atoms with Crippen molar-refractivity contribution in [3.8, 4) is 0 Å². The molecule has 2 amide bonds. The van der Waals surface area contributed by atoms with Gasteiger partial charge in [-0.05, 0) is 38.0 Å². The second-order valence-electron chi connectivity index (χ2n) is 4.63. The Balaban J connectivity index is 1.90. The first kappa shape index (κ1) is 8.85. The lowest BCUT2D eigenvalue weighted by atomic mass is 9.96. The fourth-order valence-corrected chi connectivity index (χ4v) is 2.09. The second-order valence-corrected chi connectivity index (χ2v) is 4.63. The largest absolute Gasteiger partial charge is 0.338 e. The van der Waals surface area contributed by atoms with Gasteiger partial charge >= 0.3 is 6.03 Å². The minimum absolute atomic E-state index is 0.00752. The van der Waals surface area contributed by atoms with Crippen LogP contribution in [-0.4, -0.2) is 18.1 Å². The molecule has 13 heavy (non-hydrogen) atoms. The monoisotopic (exact) mass is 182 g/mol. The van der Waals surface area contributed by atoms with Crippen LogP contribution in [0.15, 0.2) is 0 Å². The molecule has 2 aliphatic rings. The molecule has 0 aromatic heterocycles. The lowest BCUT2D eigenvalue weighted by Crippen LogP contribution is -2.47. The summed E-state index contributed by atoms with van der Waals surface area (Å²) < 4.78 is 0. The lowest BCUT2D eigenvalue weighted by molar-refractivity contribution is 0.227. The Kier molecular flexibility index (Phi) is 1.79. The number of rotatable bonds is 3. The van der Waals surface area contributed by atoms with Gasteiger partial charge in [-0.15, -0.1) is 0 Å². The summed E-state index contributed by atoms with van der Waals surface area (Å²) in [5.41, 5.74) is 0.574. The van der Waals surface area contributed by atoms with Crippen molar-refractivity contribution < 1.29 is 4.79 Å². The molecule has 0 radical (unpaired) electrons. The van der Waals surface area contributed by atoms with E-state index in [0.29, 0.717) is 12.0 Å². The summed E-state index contributed by atoms with van der Waals surface area (Å²) in [4.78, 5) is 11.4. The smallest absolute Gasteiger partial charge is 0.315 e. The zero-order chi connectivity index (χ0) is 9.53. The molecule has 3 heteroatoms. The summed E-state index contributed by atoms with van der Waals surface area (Å²) in [6.07, 6.45) is 4.89. The minimum Gasteiger partial charge on any atom is -0.338 e. The quantitative estimate of drug-likeness (QED) is 0.684. The van der Waals surface area contributed by atoms with E-state index in [-0.39, 0.29) is 11.6 Å². The van der Waals surface area contributed by atoms with Crippen LogP contribution in [0.3, 0.4) is 0 Å². The summed E-state index contributed by atoms with van der Waals surface area (Å²) in [6, 6.07) is 0.00752. The van der Waals surface area contributed by atoms with Gasteiger partial charge in [0.15, 0.2) is 0 Å². The first-order valence-electron chi connectivity index (χ1n) is 5.18. The van der Waals surface area contributed by atoms with E-state index in [0.717, 1.165) is 0 Å². The van der Waals surface area contributed by atoms with Gasteiger partial charge in [0.2, 0.25) is 0 Å². The standard InChI is InChI=1S/C10H18N2O/c1-3-11-8(13)12-10(6-7-10)9(2)4-5-9/h3-7H2,1-2H3,(H2,11,12,13). The van der Waals surface area contributed by atoms with E-state index in [9.17, 15) is 4.79 Å². The van der Waals surface area contributed by atoms with Crippen molar-refractivity contribution in [3.63, 3.8) is 0 Å². The lowest BCUT2D eigenvalue weighted by Gasteiger charge is -2.24. The van der Waals surface area contributed by atoms with Crippen LogP contribution in [0.4, 0.5) is 4.79 Å². The molecule has 0 atom stereocenters. The Hall–Kier alpha value is -0.730. The molecule has 0 saturated heterocycles. The number of urea groups is 1. The summed E-state index contributed by atoms with van der Waals surface area (Å²) >= 11 is 0. The van der Waals surface area contributed by atoms with Crippen molar-refractivity contribution in [2.24, 2.45) is 5.41 Å². The average Bonchev–Trinajstić information content (AvgIpc) is 2.90. The third-order valence-corrected chi connectivity index (χ3v) is 3.60. The van der Waals surface area contributed by atoms with Gasteiger partial charge in [-0.2, -0.15) is 0 Å². The van der Waals surface area contributed by atoms with Crippen LogP contribution in [0.1, 0.15) is 39.5 Å². The van der Waals surface area contributed by atoms with Gasteiger partial charge in [-0.25, -0.2) is 4.79 Å². The van der Waals surface area contributed by atoms with Gasteiger partial charge in [-0.1, -0.05) is 6.92 Å². The zero-order valence-electron chi connectivity index (χ0n) is 8.44. The predicted molar refractivity (Wildman–Crippen MR) is 51.5 cm³/mol. The number of nitrogens with one attached hydrogen (secondary N) is 2. The van der Waals surface area contributed by atoms with Crippen molar-refractivity contribution in [3.05, 3.63) is 0 Å². The van der Waals surface area contributed by atoms with Crippen LogP contribution < -0.4 is 10.6 Å². The molecule has 0 unspecified atom stereocenters. The summed E-state index contributed by atoms with van der Waals surface area (Å²) in [5.74, 6) is 0. The Bertz CT molecular complexity index is 229. The first-order chi connectivity index (χ1) is 6.12. The summed E-state index contributed by atoms with van der Waals surface area (Å²) in [5, 5.41) is 5.91. The van der Waals surface area contributed by atoms with Crippen molar-refractivity contribution in [1.82, 2.24) is 10.6 Å². The van der Waals surface area contributed by atoms with Crippen LogP contribution in [0, 0.1) is 5.41 Å². The van der Waals surface area contributed by atoms with Gasteiger partial charge in [-0.3, -0.25) is 0 Å². The van der Waals surface area contributed by atoms with Gasteiger partial charge < -0.3 is 10.6 Å². The van der Waals surface area contributed by atoms with E-state index in [1.807, 2.05) is 6.92 Å². The molecule has 2 saturated carbocycles. The first-order valence-corrected chi connectivity index (χ1v) is 5.18. The Morgan fingerprint density at radius 1 is 1.31 bits per heavy atom. The molecular formula is C10H18N2O. The number of carbonyl (C=O) groups is 1. The van der Waals surface area contributed by atoms with E-state index < -0.39 is 0 Å². The molecule has 0 heterocycles. The van der Waals surface area contributed by atoms with Gasteiger partial charge in [0.05, 0.1) is 0 Å². The Morgan fingerprint density at radius 3 is 2.31 bits per heavy atom. The molecule has 0 spiro atoms. The Labute approximate surface area is 79.3 Å². The third-order valence-electron chi connectivity index (χ3n) is 3.60. The molecule has 0 aromatic rings. The maximum Gasteiger partial charge on any atom is 0.315 e. The fourth-order valence-electron chi connectivity index (χ4n) is 2.09. The summed E-state index contributed by atoms with van der Waals surface area (Å²) in [6.45, 7) is 4.93. The van der Waals surface area contributed by atoms with Crippen LogP contribution in [0.5, 0.6) is 0 Å². The van der Waals surface area contributed by atoms with Gasteiger partial charge in [0.25, 0.3) is 0 Å². The topological polar surface area (TPSA) is 41.1 Å². The van der Waals surface area contributed by atoms with E-state index in [4.69, 9.17) is 0 Å². The van der Waals surface area contributed by atoms with Crippen molar-refractivity contribution >= 4 is 6.03 Å². The number of carbonyl (C=O) groups excluding carboxylic acids is 1. The second kappa shape index (κ2) is 2.63. The van der Waals surface area contributed by atoms with Crippen molar-refractivity contribution in [2.45, 2.75) is 45.1 Å². The van der Waals surface area contributed by atoms with E-state index in [1.54, 1.807) is 0 Å². The molecule has 0 aliphatic heterocycles. The normalized spacial score (nSPS) is 26.3. The Morgan fingerprint density at radius 2 is 1.92 bits per heavy atom. The van der Waals surface area contributed by atoms with Crippen LogP contribution in [0.2, 0.25) is 0 Å². The van der Waals surface area contributed by atoms with Gasteiger partial charge in [0.1, 0.15) is 0 Å².